The Balaban J connectivity index is 1.96. The van der Waals surface area contributed by atoms with Gasteiger partial charge in [-0.05, 0) is 25.0 Å². The molecule has 0 fully saturated rings. The van der Waals surface area contributed by atoms with Gasteiger partial charge in [-0.25, -0.2) is 0 Å². The summed E-state index contributed by atoms with van der Waals surface area (Å²) >= 11 is 0. The molecule has 0 aliphatic heterocycles. The van der Waals surface area contributed by atoms with E-state index in [0.717, 1.165) is 38.2 Å². The fourth-order valence-corrected chi connectivity index (χ4v) is 1.01. The highest BCUT2D eigenvalue weighted by Gasteiger charge is 1.94. The van der Waals surface area contributed by atoms with E-state index < -0.39 is 0 Å². The summed E-state index contributed by atoms with van der Waals surface area (Å²) in [6, 6.07) is 3.90. The molecular weight excluding hydrogens is 152 g/mol. The van der Waals surface area contributed by atoms with Crippen LogP contribution in [0.1, 0.15) is 18.6 Å². The van der Waals surface area contributed by atoms with Gasteiger partial charge < -0.3 is 9.15 Å². The smallest absolute Gasteiger partial charge is 0.103 e. The van der Waals surface area contributed by atoms with Crippen LogP contribution in [0.15, 0.2) is 22.8 Å². The van der Waals surface area contributed by atoms with Crippen molar-refractivity contribution in [1.29, 1.82) is 0 Å². The molecule has 2 nitrogen and oxygen atoms in total. The predicted molar refractivity (Wildman–Crippen MR) is 47.8 cm³/mol. The molecule has 0 bridgehead atoms. The first kappa shape index (κ1) is 9.33. The first-order valence-corrected chi connectivity index (χ1v) is 4.33. The van der Waals surface area contributed by atoms with Crippen molar-refractivity contribution in [1.82, 2.24) is 0 Å². The van der Waals surface area contributed by atoms with Crippen molar-refractivity contribution in [2.75, 3.05) is 13.2 Å². The maximum Gasteiger partial charge on any atom is 0.103 e. The summed E-state index contributed by atoms with van der Waals surface area (Å²) in [5.74, 6) is 1.04. The van der Waals surface area contributed by atoms with Gasteiger partial charge in [-0.3, -0.25) is 0 Å². The minimum absolute atomic E-state index is 0.762. The lowest BCUT2D eigenvalue weighted by Crippen LogP contribution is -1.96. The molecule has 0 aliphatic carbocycles. The molecule has 0 aliphatic rings. The fraction of sp³-hybridized carbons (Fsp3) is 0.500. The lowest BCUT2D eigenvalue weighted by atomic mass is 10.2. The number of furan rings is 1. The molecule has 12 heavy (non-hydrogen) atoms. The molecule has 0 saturated carbocycles. The van der Waals surface area contributed by atoms with Crippen LogP contribution in [0.5, 0.6) is 0 Å². The second-order valence-corrected chi connectivity index (χ2v) is 2.65. The lowest BCUT2D eigenvalue weighted by Gasteiger charge is -1.99. The first-order chi connectivity index (χ1) is 5.93. The van der Waals surface area contributed by atoms with Gasteiger partial charge >= 0.3 is 0 Å². The van der Waals surface area contributed by atoms with E-state index in [2.05, 4.69) is 6.92 Å². The van der Waals surface area contributed by atoms with Crippen molar-refractivity contribution in [2.45, 2.75) is 19.3 Å². The van der Waals surface area contributed by atoms with Crippen LogP contribution < -0.4 is 0 Å². The highest BCUT2D eigenvalue weighted by Crippen LogP contribution is 2.03. The van der Waals surface area contributed by atoms with Crippen molar-refractivity contribution >= 4 is 0 Å². The standard InChI is InChI=1S/C10H15O2/c1-2-7-11-8-3-5-10-6-4-9-12-10/h4,6,9H,1-3,5,7-8H2. The van der Waals surface area contributed by atoms with Crippen molar-refractivity contribution in [2.24, 2.45) is 0 Å². The fourth-order valence-electron chi connectivity index (χ4n) is 1.01. The Morgan fingerprint density at radius 1 is 1.42 bits per heavy atom. The van der Waals surface area contributed by atoms with E-state index in [0.29, 0.717) is 0 Å². The van der Waals surface area contributed by atoms with Gasteiger partial charge in [-0.2, -0.15) is 0 Å². The Morgan fingerprint density at radius 2 is 2.33 bits per heavy atom. The average Bonchev–Trinajstić information content (AvgIpc) is 2.57. The van der Waals surface area contributed by atoms with Crippen LogP contribution in [-0.4, -0.2) is 13.2 Å². The normalized spacial score (nSPS) is 10.4. The van der Waals surface area contributed by atoms with Crippen LogP contribution in [0.3, 0.4) is 0 Å². The molecule has 1 rings (SSSR count). The number of rotatable bonds is 6. The van der Waals surface area contributed by atoms with E-state index >= 15 is 0 Å². The molecule has 1 heterocycles. The van der Waals surface area contributed by atoms with Gasteiger partial charge in [-0.15, -0.1) is 0 Å². The molecule has 0 atom stereocenters. The van der Waals surface area contributed by atoms with Crippen LogP contribution >= 0.6 is 0 Å². The summed E-state index contributed by atoms with van der Waals surface area (Å²) in [6.45, 7) is 5.25. The Morgan fingerprint density at radius 3 is 3.00 bits per heavy atom. The zero-order valence-electron chi connectivity index (χ0n) is 7.29. The van der Waals surface area contributed by atoms with Crippen molar-refractivity contribution < 1.29 is 9.15 Å². The molecule has 0 saturated heterocycles. The third-order valence-corrected chi connectivity index (χ3v) is 1.58. The summed E-state index contributed by atoms with van der Waals surface area (Å²) in [5.41, 5.74) is 0. The highest BCUT2D eigenvalue weighted by atomic mass is 16.5. The Bertz CT molecular complexity index is 180. The molecule has 1 radical (unpaired) electrons. The second-order valence-electron chi connectivity index (χ2n) is 2.65. The summed E-state index contributed by atoms with van der Waals surface area (Å²) in [5, 5.41) is 0. The van der Waals surface area contributed by atoms with E-state index in [-0.39, 0.29) is 0 Å². The zero-order chi connectivity index (χ0) is 8.65. The number of ether oxygens (including phenoxy) is 1. The van der Waals surface area contributed by atoms with Gasteiger partial charge in [0.25, 0.3) is 0 Å². The molecule has 0 aromatic carbocycles. The third kappa shape index (κ3) is 3.58. The van der Waals surface area contributed by atoms with Crippen LogP contribution in [0.25, 0.3) is 0 Å². The Kier molecular flexibility index (Phi) is 4.54. The zero-order valence-corrected chi connectivity index (χ0v) is 7.29. The minimum Gasteiger partial charge on any atom is -0.469 e. The molecule has 0 unspecified atom stereocenters. The first-order valence-electron chi connectivity index (χ1n) is 4.33. The molecule has 67 valence electrons. The maximum absolute atomic E-state index is 5.28. The average molecular weight is 167 g/mol. The Hall–Kier alpha value is -0.760. The molecule has 0 amide bonds. The highest BCUT2D eigenvalue weighted by molar-refractivity contribution is 4.97. The van der Waals surface area contributed by atoms with E-state index in [1.807, 2.05) is 12.1 Å². The van der Waals surface area contributed by atoms with Gasteiger partial charge in [0.1, 0.15) is 5.76 Å². The van der Waals surface area contributed by atoms with Crippen LogP contribution in [0, 0.1) is 6.92 Å². The van der Waals surface area contributed by atoms with Gasteiger partial charge in [0.15, 0.2) is 0 Å². The molecule has 1 aromatic rings. The van der Waals surface area contributed by atoms with E-state index in [9.17, 15) is 0 Å². The van der Waals surface area contributed by atoms with E-state index in [1.165, 1.54) is 0 Å². The van der Waals surface area contributed by atoms with Crippen molar-refractivity contribution in [3.8, 4) is 0 Å². The molecule has 0 spiro atoms. The van der Waals surface area contributed by atoms with E-state index in [4.69, 9.17) is 9.15 Å². The topological polar surface area (TPSA) is 22.4 Å². The monoisotopic (exact) mass is 167 g/mol. The van der Waals surface area contributed by atoms with Gasteiger partial charge in [0.05, 0.1) is 6.26 Å². The Labute approximate surface area is 73.5 Å². The van der Waals surface area contributed by atoms with Crippen molar-refractivity contribution in [3.05, 3.63) is 31.1 Å². The van der Waals surface area contributed by atoms with Gasteiger partial charge in [0.2, 0.25) is 0 Å². The number of hydrogen-bond acceptors (Lipinski definition) is 2. The van der Waals surface area contributed by atoms with Gasteiger partial charge in [0, 0.05) is 19.6 Å². The summed E-state index contributed by atoms with van der Waals surface area (Å²) in [4.78, 5) is 0. The lowest BCUT2D eigenvalue weighted by molar-refractivity contribution is 0.135. The molecule has 1 aromatic heterocycles. The minimum atomic E-state index is 0.762. The van der Waals surface area contributed by atoms with Crippen LogP contribution in [0.4, 0.5) is 0 Å². The summed E-state index contributed by atoms with van der Waals surface area (Å²) < 4.78 is 10.4. The maximum atomic E-state index is 5.28. The SMILES string of the molecule is [CH2]CCOCCCc1ccco1. The molecular formula is C10H15O2. The van der Waals surface area contributed by atoms with Crippen molar-refractivity contribution in [3.63, 3.8) is 0 Å². The quantitative estimate of drug-likeness (QED) is 0.607. The molecule has 0 N–H and O–H groups in total. The summed E-state index contributed by atoms with van der Waals surface area (Å²) in [7, 11) is 0. The van der Waals surface area contributed by atoms with Crippen LogP contribution in [-0.2, 0) is 11.2 Å². The molecule has 2 heteroatoms. The summed E-state index contributed by atoms with van der Waals surface area (Å²) in [6.07, 6.45) is 4.53. The third-order valence-electron chi connectivity index (χ3n) is 1.58. The predicted octanol–water partition coefficient (Wildman–Crippen LogP) is 2.45. The van der Waals surface area contributed by atoms with Crippen LogP contribution in [0.2, 0.25) is 0 Å². The van der Waals surface area contributed by atoms with E-state index in [1.54, 1.807) is 6.26 Å². The second kappa shape index (κ2) is 5.84. The van der Waals surface area contributed by atoms with Gasteiger partial charge in [-0.1, -0.05) is 6.92 Å². The number of aryl methyl sites for hydroxylation is 1. The largest absolute Gasteiger partial charge is 0.469 e. The number of hydrogen-bond donors (Lipinski definition) is 0.